The van der Waals surface area contributed by atoms with E-state index in [0.29, 0.717) is 17.5 Å². The maximum absolute atomic E-state index is 8.90. The van der Waals surface area contributed by atoms with Crippen LogP contribution in [0.3, 0.4) is 0 Å². The summed E-state index contributed by atoms with van der Waals surface area (Å²) in [6.45, 7) is 0. The van der Waals surface area contributed by atoms with Gasteiger partial charge in [-0.25, -0.2) is 15.0 Å². The summed E-state index contributed by atoms with van der Waals surface area (Å²) in [5.74, 6) is 1.08. The molecule has 0 radical (unpaired) electrons. The van der Waals surface area contributed by atoms with Gasteiger partial charge in [-0.05, 0) is 12.1 Å². The fourth-order valence-electron chi connectivity index (χ4n) is 1.94. The van der Waals surface area contributed by atoms with E-state index >= 15 is 0 Å². The van der Waals surface area contributed by atoms with E-state index < -0.39 is 0 Å². The molecule has 19 heavy (non-hydrogen) atoms. The molecule has 0 saturated heterocycles. The summed E-state index contributed by atoms with van der Waals surface area (Å²) < 4.78 is 1.78. The van der Waals surface area contributed by atoms with Gasteiger partial charge in [-0.3, -0.25) is 4.57 Å². The predicted octanol–water partition coefficient (Wildman–Crippen LogP) is 1.46. The molecule has 0 aliphatic heterocycles. The molecule has 0 amide bonds. The topological polar surface area (TPSA) is 93.4 Å². The Balaban J connectivity index is 2.28. The van der Waals surface area contributed by atoms with Gasteiger partial charge in [-0.2, -0.15) is 5.26 Å². The Bertz CT molecular complexity index is 766. The lowest BCUT2D eigenvalue weighted by atomic mass is 10.3. The Hall–Kier alpha value is -2.94. The second-order valence-electron chi connectivity index (χ2n) is 4.00. The van der Waals surface area contributed by atoms with Crippen LogP contribution < -0.4 is 5.73 Å². The van der Waals surface area contributed by atoms with Crippen LogP contribution in [-0.4, -0.2) is 19.5 Å². The van der Waals surface area contributed by atoms with E-state index in [1.54, 1.807) is 4.57 Å². The number of rotatable bonds is 2. The molecule has 6 heteroatoms. The normalized spacial score (nSPS) is 10.5. The number of para-hydroxylation sites is 2. The zero-order valence-corrected chi connectivity index (χ0v) is 9.98. The fraction of sp³-hybridized carbons (Fsp3) is 0.0769. The van der Waals surface area contributed by atoms with Crippen molar-refractivity contribution in [3.63, 3.8) is 0 Å². The third-order valence-corrected chi connectivity index (χ3v) is 2.73. The van der Waals surface area contributed by atoms with Crippen molar-refractivity contribution in [1.82, 2.24) is 19.5 Å². The molecule has 0 bridgehead atoms. The van der Waals surface area contributed by atoms with Gasteiger partial charge in [0.1, 0.15) is 5.82 Å². The summed E-state index contributed by atoms with van der Waals surface area (Å²) in [5.41, 5.74) is 7.77. The minimum absolute atomic E-state index is 0.197. The molecule has 0 fully saturated rings. The third kappa shape index (κ3) is 1.87. The molecule has 2 heterocycles. The number of nitrogens with two attached hydrogens (primary N) is 1. The summed E-state index contributed by atoms with van der Waals surface area (Å²) >= 11 is 0. The van der Waals surface area contributed by atoms with Crippen LogP contribution >= 0.6 is 0 Å². The average molecular weight is 250 g/mol. The number of anilines is 1. The number of nitrogen functional groups attached to an aromatic ring is 1. The van der Waals surface area contributed by atoms with Crippen molar-refractivity contribution in [2.75, 3.05) is 5.73 Å². The molecular weight excluding hydrogens is 240 g/mol. The summed E-state index contributed by atoms with van der Waals surface area (Å²) in [6, 6.07) is 9.73. The smallest absolute Gasteiger partial charge is 0.235 e. The fourth-order valence-corrected chi connectivity index (χ4v) is 1.94. The standard InChI is InChI=1S/C13H10N6/c14-6-5-12-18-10-3-1-2-4-11(10)19(12)13-16-7-9(15)8-17-13/h1-4,7-8H,5,15H2. The molecule has 2 aromatic heterocycles. The van der Waals surface area contributed by atoms with E-state index in [4.69, 9.17) is 11.0 Å². The van der Waals surface area contributed by atoms with Crippen LogP contribution in [0.5, 0.6) is 0 Å². The monoisotopic (exact) mass is 250 g/mol. The first-order valence-corrected chi connectivity index (χ1v) is 5.71. The van der Waals surface area contributed by atoms with Crippen LogP contribution in [0.1, 0.15) is 5.82 Å². The molecule has 0 aliphatic rings. The maximum Gasteiger partial charge on any atom is 0.235 e. The third-order valence-electron chi connectivity index (χ3n) is 2.73. The largest absolute Gasteiger partial charge is 0.396 e. The summed E-state index contributed by atoms with van der Waals surface area (Å²) in [6.07, 6.45) is 3.27. The Morgan fingerprint density at radius 1 is 1.21 bits per heavy atom. The van der Waals surface area contributed by atoms with Crippen LogP contribution in [0, 0.1) is 11.3 Å². The maximum atomic E-state index is 8.90. The molecule has 0 saturated carbocycles. The molecular formula is C13H10N6. The highest BCUT2D eigenvalue weighted by atomic mass is 15.2. The zero-order chi connectivity index (χ0) is 13.2. The average Bonchev–Trinajstić information content (AvgIpc) is 2.78. The van der Waals surface area contributed by atoms with Crippen molar-refractivity contribution >= 4 is 16.7 Å². The number of benzene rings is 1. The second kappa shape index (κ2) is 4.38. The van der Waals surface area contributed by atoms with E-state index in [9.17, 15) is 0 Å². The first-order chi connectivity index (χ1) is 9.29. The number of hydrogen-bond acceptors (Lipinski definition) is 5. The molecule has 0 spiro atoms. The number of hydrogen-bond donors (Lipinski definition) is 1. The molecule has 2 N–H and O–H groups in total. The van der Waals surface area contributed by atoms with Gasteiger partial charge >= 0.3 is 0 Å². The van der Waals surface area contributed by atoms with Crippen molar-refractivity contribution in [1.29, 1.82) is 5.26 Å². The predicted molar refractivity (Wildman–Crippen MR) is 70.4 cm³/mol. The molecule has 0 aliphatic carbocycles. The highest BCUT2D eigenvalue weighted by Gasteiger charge is 2.13. The van der Waals surface area contributed by atoms with Gasteiger partial charge in [-0.1, -0.05) is 12.1 Å². The van der Waals surface area contributed by atoms with Crippen molar-refractivity contribution in [3.05, 3.63) is 42.5 Å². The van der Waals surface area contributed by atoms with E-state index in [1.165, 1.54) is 12.4 Å². The Morgan fingerprint density at radius 2 is 1.95 bits per heavy atom. The van der Waals surface area contributed by atoms with Gasteiger partial charge in [0.2, 0.25) is 5.95 Å². The number of imidazole rings is 1. The minimum atomic E-state index is 0.197. The lowest BCUT2D eigenvalue weighted by Gasteiger charge is -2.05. The van der Waals surface area contributed by atoms with Crippen LogP contribution in [0.15, 0.2) is 36.7 Å². The molecule has 0 unspecified atom stereocenters. The summed E-state index contributed by atoms with van der Waals surface area (Å²) in [4.78, 5) is 12.8. The molecule has 3 rings (SSSR count). The van der Waals surface area contributed by atoms with Gasteiger partial charge in [0, 0.05) is 0 Å². The highest BCUT2D eigenvalue weighted by Crippen LogP contribution is 2.19. The van der Waals surface area contributed by atoms with Gasteiger partial charge < -0.3 is 5.73 Å². The van der Waals surface area contributed by atoms with Gasteiger partial charge in [0.25, 0.3) is 0 Å². The van der Waals surface area contributed by atoms with Crippen LogP contribution in [0.2, 0.25) is 0 Å². The zero-order valence-electron chi connectivity index (χ0n) is 9.98. The first-order valence-electron chi connectivity index (χ1n) is 5.71. The van der Waals surface area contributed by atoms with E-state index in [1.807, 2.05) is 24.3 Å². The Kier molecular flexibility index (Phi) is 2.58. The molecule has 0 atom stereocenters. The van der Waals surface area contributed by atoms with Crippen molar-refractivity contribution in [2.45, 2.75) is 6.42 Å². The number of aromatic nitrogens is 4. The number of nitriles is 1. The molecule has 92 valence electrons. The van der Waals surface area contributed by atoms with Crippen LogP contribution in [0.25, 0.3) is 17.0 Å². The lowest BCUT2D eigenvalue weighted by Crippen LogP contribution is -2.05. The number of fused-ring (bicyclic) bond motifs is 1. The van der Waals surface area contributed by atoms with E-state index in [-0.39, 0.29) is 6.42 Å². The second-order valence-corrected chi connectivity index (χ2v) is 4.00. The van der Waals surface area contributed by atoms with Crippen LogP contribution in [-0.2, 0) is 6.42 Å². The number of nitrogens with zero attached hydrogens (tertiary/aromatic N) is 5. The molecule has 6 nitrogen and oxygen atoms in total. The summed E-state index contributed by atoms with van der Waals surface area (Å²) in [5, 5.41) is 8.90. The van der Waals surface area contributed by atoms with Crippen molar-refractivity contribution < 1.29 is 0 Å². The van der Waals surface area contributed by atoms with Crippen molar-refractivity contribution in [2.24, 2.45) is 0 Å². The van der Waals surface area contributed by atoms with Gasteiger partial charge in [0.15, 0.2) is 0 Å². The van der Waals surface area contributed by atoms with Crippen molar-refractivity contribution in [3.8, 4) is 12.0 Å². The highest BCUT2D eigenvalue weighted by molar-refractivity contribution is 5.77. The SMILES string of the molecule is N#CCc1nc2ccccc2n1-c1ncc(N)cn1. The lowest BCUT2D eigenvalue weighted by molar-refractivity contribution is 0.881. The van der Waals surface area contributed by atoms with Crippen LogP contribution in [0.4, 0.5) is 5.69 Å². The quantitative estimate of drug-likeness (QED) is 0.743. The molecule has 1 aromatic carbocycles. The summed E-state index contributed by atoms with van der Waals surface area (Å²) in [7, 11) is 0. The van der Waals surface area contributed by atoms with E-state index in [2.05, 4.69) is 21.0 Å². The Labute approximate surface area is 109 Å². The van der Waals surface area contributed by atoms with E-state index in [0.717, 1.165) is 11.0 Å². The van der Waals surface area contributed by atoms with Gasteiger partial charge in [0.05, 0.1) is 41.6 Å². The minimum Gasteiger partial charge on any atom is -0.396 e. The van der Waals surface area contributed by atoms with Gasteiger partial charge in [-0.15, -0.1) is 0 Å². The molecule has 3 aromatic rings. The Morgan fingerprint density at radius 3 is 2.68 bits per heavy atom. The first kappa shape index (κ1) is 11.2.